The summed E-state index contributed by atoms with van der Waals surface area (Å²) in [5.41, 5.74) is 16.5. The van der Waals surface area contributed by atoms with Gasteiger partial charge in [-0.05, 0) is 30.7 Å². The molecule has 71 heavy (non-hydrogen) atoms. The minimum Gasteiger partial charge on any atom is -0.480 e. The molecule has 0 aliphatic rings. The van der Waals surface area contributed by atoms with Crippen LogP contribution in [0.2, 0.25) is 0 Å². The van der Waals surface area contributed by atoms with Gasteiger partial charge >= 0.3 is 5.97 Å². The lowest BCUT2D eigenvalue weighted by Crippen LogP contribution is -2.60. The Morgan fingerprint density at radius 3 is 1.48 bits per heavy atom. The molecule has 396 valence electrons. The van der Waals surface area contributed by atoms with Crippen LogP contribution < -0.4 is 65.1 Å². The highest BCUT2D eigenvalue weighted by atomic mass is 16.4. The molecule has 0 aromatic heterocycles. The van der Waals surface area contributed by atoms with Crippen LogP contribution in [0.25, 0.3) is 0 Å². The van der Waals surface area contributed by atoms with Gasteiger partial charge in [0, 0.05) is 6.42 Å². The first-order valence-electron chi connectivity index (χ1n) is 22.4. The number of rotatable bonds is 32. The number of aliphatic carboxylic acids is 1. The van der Waals surface area contributed by atoms with Crippen LogP contribution in [-0.2, 0) is 64.0 Å². The van der Waals surface area contributed by atoms with E-state index in [1.54, 1.807) is 58.0 Å². The normalized spacial score (nSPS) is 15.2. The van der Waals surface area contributed by atoms with Crippen molar-refractivity contribution in [2.45, 2.75) is 121 Å². The maximum atomic E-state index is 13.7. The van der Waals surface area contributed by atoms with Gasteiger partial charge in [-0.2, -0.15) is 0 Å². The Morgan fingerprint density at radius 1 is 0.535 bits per heavy atom. The van der Waals surface area contributed by atoms with Gasteiger partial charge in [0.2, 0.25) is 65.0 Å². The molecular weight excluding hydrogens is 941 g/mol. The Balaban J connectivity index is 3.19. The van der Waals surface area contributed by atoms with Gasteiger partial charge in [0.1, 0.15) is 54.4 Å². The minimum absolute atomic E-state index is 0.00783. The molecule has 11 amide bonds. The highest BCUT2D eigenvalue weighted by Crippen LogP contribution is 2.12. The number of carbonyl (C=O) groups is 12. The summed E-state index contributed by atoms with van der Waals surface area (Å²) in [5, 5.41) is 58.1. The zero-order valence-corrected chi connectivity index (χ0v) is 40.0. The van der Waals surface area contributed by atoms with E-state index >= 15 is 0 Å². The van der Waals surface area contributed by atoms with Crippen LogP contribution in [0.5, 0.6) is 0 Å². The van der Waals surface area contributed by atoms with Crippen molar-refractivity contribution in [2.24, 2.45) is 29.0 Å². The molecule has 0 spiro atoms. The van der Waals surface area contributed by atoms with Crippen molar-refractivity contribution in [3.63, 3.8) is 0 Å². The van der Waals surface area contributed by atoms with E-state index in [0.717, 1.165) is 0 Å². The van der Waals surface area contributed by atoms with E-state index in [1.165, 1.54) is 6.92 Å². The van der Waals surface area contributed by atoms with Gasteiger partial charge in [0.15, 0.2) is 0 Å². The number of amides is 11. The van der Waals surface area contributed by atoms with E-state index in [9.17, 15) is 72.9 Å². The summed E-state index contributed by atoms with van der Waals surface area (Å²) < 4.78 is 0. The van der Waals surface area contributed by atoms with E-state index in [1.807, 2.05) is 5.32 Å². The molecule has 19 N–H and O–H groups in total. The summed E-state index contributed by atoms with van der Waals surface area (Å²) in [6.45, 7) is 4.51. The van der Waals surface area contributed by atoms with Crippen molar-refractivity contribution in [3.05, 3.63) is 35.9 Å². The van der Waals surface area contributed by atoms with Crippen LogP contribution in [0, 0.1) is 11.8 Å². The molecule has 10 unspecified atom stereocenters. The molecule has 10 atom stereocenters. The van der Waals surface area contributed by atoms with Crippen molar-refractivity contribution in [3.8, 4) is 0 Å². The maximum Gasteiger partial charge on any atom is 0.328 e. The van der Waals surface area contributed by atoms with Gasteiger partial charge in [0.05, 0.1) is 39.2 Å². The first kappa shape index (κ1) is 61.7. The fourth-order valence-corrected chi connectivity index (χ4v) is 6.30. The predicted octanol–water partition coefficient (Wildman–Crippen LogP) is -7.52. The number of aliphatic hydroxyl groups is 3. The van der Waals surface area contributed by atoms with Crippen molar-refractivity contribution in [1.29, 1.82) is 0 Å². The Kier molecular flexibility index (Phi) is 27.0. The average Bonchev–Trinajstić information content (AvgIpc) is 3.31. The molecule has 0 aliphatic carbocycles. The number of hydrogen-bond donors (Lipinski definition) is 16. The van der Waals surface area contributed by atoms with Gasteiger partial charge in [-0.3, -0.25) is 52.7 Å². The second kappa shape index (κ2) is 31.0. The zero-order valence-electron chi connectivity index (χ0n) is 40.0. The lowest BCUT2D eigenvalue weighted by Gasteiger charge is -2.29. The highest BCUT2D eigenvalue weighted by molar-refractivity contribution is 5.99. The van der Waals surface area contributed by atoms with E-state index in [4.69, 9.17) is 22.3 Å². The van der Waals surface area contributed by atoms with E-state index < -0.39 is 170 Å². The quantitative estimate of drug-likeness (QED) is 0.0319. The van der Waals surface area contributed by atoms with E-state index in [0.29, 0.717) is 12.0 Å². The number of hydrogen-bond acceptors (Lipinski definition) is 16. The molecule has 28 nitrogen and oxygen atoms in total. The first-order valence-corrected chi connectivity index (χ1v) is 22.4. The first-order chi connectivity index (χ1) is 33.3. The Labute approximate surface area is 408 Å². The molecule has 1 aromatic carbocycles. The fraction of sp³-hybridized carbons (Fsp3) is 0.581. The molecule has 0 heterocycles. The van der Waals surface area contributed by atoms with Crippen LogP contribution in [-0.4, -0.2) is 172 Å². The van der Waals surface area contributed by atoms with Gasteiger partial charge in [-0.15, -0.1) is 0 Å². The highest BCUT2D eigenvalue weighted by Gasteiger charge is 2.35. The molecule has 0 aliphatic heterocycles. The number of carboxylic acids is 1. The molecule has 0 saturated heterocycles. The number of nitrogens with two attached hydrogens (primary N) is 3. The number of benzene rings is 1. The van der Waals surface area contributed by atoms with E-state index in [-0.39, 0.29) is 18.8 Å². The Bertz CT molecular complexity index is 2040. The zero-order chi connectivity index (χ0) is 54.1. The third-order valence-corrected chi connectivity index (χ3v) is 10.5. The molecule has 0 radical (unpaired) electrons. The van der Waals surface area contributed by atoms with Crippen LogP contribution in [0.3, 0.4) is 0 Å². The van der Waals surface area contributed by atoms with Crippen LogP contribution in [0.4, 0.5) is 0 Å². The molecule has 0 bridgehead atoms. The lowest BCUT2D eigenvalue weighted by molar-refractivity contribution is -0.143. The number of aliphatic hydroxyl groups excluding tert-OH is 3. The summed E-state index contributed by atoms with van der Waals surface area (Å²) in [7, 11) is 0. The van der Waals surface area contributed by atoms with Crippen LogP contribution in [0.15, 0.2) is 30.3 Å². The summed E-state index contributed by atoms with van der Waals surface area (Å²) in [6.07, 6.45) is -1.49. The average molecular weight is 1010 g/mol. The minimum atomic E-state index is -1.79. The molecule has 0 saturated carbocycles. The van der Waals surface area contributed by atoms with Crippen molar-refractivity contribution >= 4 is 70.9 Å². The van der Waals surface area contributed by atoms with Crippen molar-refractivity contribution in [1.82, 2.24) is 47.9 Å². The second-order valence-corrected chi connectivity index (χ2v) is 16.9. The van der Waals surface area contributed by atoms with Crippen molar-refractivity contribution in [2.75, 3.05) is 26.4 Å². The number of carboxylic acid groups (broad SMARTS) is 1. The largest absolute Gasteiger partial charge is 0.480 e. The Hall–Kier alpha value is -7.30. The summed E-state index contributed by atoms with van der Waals surface area (Å²) >= 11 is 0. The van der Waals surface area contributed by atoms with Gasteiger partial charge in [-0.1, -0.05) is 64.4 Å². The molecule has 1 aromatic rings. The number of nitrogens with one attached hydrogen (secondary N) is 9. The number of primary amides is 2. The summed E-state index contributed by atoms with van der Waals surface area (Å²) in [6, 6.07) is -5.73. The van der Waals surface area contributed by atoms with E-state index in [2.05, 4.69) is 42.5 Å². The fourth-order valence-electron chi connectivity index (χ4n) is 6.30. The van der Waals surface area contributed by atoms with Gasteiger partial charge in [-0.25, -0.2) is 4.79 Å². The second-order valence-electron chi connectivity index (χ2n) is 16.9. The predicted molar refractivity (Wildman–Crippen MR) is 248 cm³/mol. The molecule has 0 fully saturated rings. The SMILES string of the molecule is CCC(C)C(NC(=O)C(C)NC(=O)CNC(=O)C(Cc1ccccc1)NC(=O)C(CC(N)=O)NC(=O)C(CC(N)=O)NC(=O)C(N)CO)C(=O)NC(CC(C)C)C(=O)NC(CO)C(=O)NC(CO)C(=O)O. The monoisotopic (exact) mass is 1010 g/mol. The van der Waals surface area contributed by atoms with Crippen LogP contribution >= 0.6 is 0 Å². The third-order valence-electron chi connectivity index (χ3n) is 10.5. The van der Waals surface area contributed by atoms with Crippen molar-refractivity contribution < 1.29 is 78.0 Å². The van der Waals surface area contributed by atoms with Crippen LogP contribution in [0.1, 0.15) is 65.9 Å². The van der Waals surface area contributed by atoms with Gasteiger partial charge < -0.3 is 85.5 Å². The standard InChI is InChI=1S/C43H68N12O16/c1-6-21(4)34(42(69)52-25(12-20(2)3)38(65)53-29(18-57)41(68)54-30(19-58)43(70)71)55-35(62)22(5)48-33(61)16-47-37(64)26(13-23-10-8-7-9-11-23)50-40(67)28(15-32(46)60)51-39(66)27(14-31(45)59)49-36(63)24(44)17-56/h7-11,20-22,24-30,34,56-58H,6,12-19,44H2,1-5H3,(H2,45,59)(H2,46,60)(H,47,64)(H,48,61)(H,49,63)(H,50,67)(H,51,66)(H,52,69)(H,53,65)(H,54,68)(H,55,62)(H,70,71). The Morgan fingerprint density at radius 2 is 1.00 bits per heavy atom. The molecule has 28 heteroatoms. The lowest BCUT2D eigenvalue weighted by atomic mass is 9.96. The molecule has 1 rings (SSSR count). The summed E-state index contributed by atoms with van der Waals surface area (Å²) in [5.74, 6) is -13.5. The number of carbonyl (C=O) groups excluding carboxylic acids is 11. The van der Waals surface area contributed by atoms with Gasteiger partial charge in [0.25, 0.3) is 0 Å². The molecular formula is C43H68N12O16. The smallest absolute Gasteiger partial charge is 0.328 e. The summed E-state index contributed by atoms with van der Waals surface area (Å²) in [4.78, 5) is 154. The third kappa shape index (κ3) is 22.3. The maximum absolute atomic E-state index is 13.7. The topological polar surface area (TPSA) is 472 Å².